The van der Waals surface area contributed by atoms with Crippen LogP contribution in [0.5, 0.6) is 0 Å². The maximum atomic E-state index is 4.11. The standard InChI is InChI=1S/C91H58Br2N2/c92-83-33-17-14-28-74(83)63-40-36-61(37-41-63)66-46-50-78-79-51-47-68(58-88(79)94(87(78)56-66)73-53-69(59-20-5-1-6-21-59)52-70(54-73)60-22-7-2-8-23-60)65-44-48-75(84(93)55-65)64-42-38-62(39-43-64)67-45-49-77-76-29-15-18-34-85(76)95(89(77)57-67)86-35-19-32-82-90(86)80-30-13-16-31-81(80)91(82,71-24-9-3-10-25-71)72-26-11-4-12-27-72/h1-58H. The molecule has 0 bridgehead atoms. The fourth-order valence-corrected chi connectivity index (χ4v) is 16.5. The molecule has 1 aliphatic rings. The first-order valence-electron chi connectivity index (χ1n) is 32.4. The Morgan fingerprint density at radius 3 is 1.18 bits per heavy atom. The maximum Gasteiger partial charge on any atom is 0.0714 e. The van der Waals surface area contributed by atoms with Crippen LogP contribution in [0.4, 0.5) is 0 Å². The van der Waals surface area contributed by atoms with Crippen LogP contribution in [0.15, 0.2) is 361 Å². The molecule has 2 nitrogen and oxygen atoms in total. The summed E-state index contributed by atoms with van der Waals surface area (Å²) in [5.41, 5.74) is 30.3. The molecule has 0 aliphatic heterocycles. The van der Waals surface area contributed by atoms with Crippen LogP contribution in [0.3, 0.4) is 0 Å². The van der Waals surface area contributed by atoms with Gasteiger partial charge in [-0.3, -0.25) is 0 Å². The molecule has 0 atom stereocenters. The summed E-state index contributed by atoms with van der Waals surface area (Å²) in [6.07, 6.45) is 0. The third-order valence-corrected chi connectivity index (χ3v) is 21.1. The molecular formula is C91H58Br2N2. The Bertz CT molecular complexity index is 5730. The Morgan fingerprint density at radius 1 is 0.221 bits per heavy atom. The van der Waals surface area contributed by atoms with Crippen LogP contribution in [0.2, 0.25) is 0 Å². The second-order valence-electron chi connectivity index (χ2n) is 24.9. The molecule has 95 heavy (non-hydrogen) atoms. The molecule has 0 spiro atoms. The van der Waals surface area contributed by atoms with Crippen molar-refractivity contribution in [1.29, 1.82) is 0 Å². The van der Waals surface area contributed by atoms with Crippen LogP contribution < -0.4 is 0 Å². The van der Waals surface area contributed by atoms with Gasteiger partial charge in [-0.25, -0.2) is 0 Å². The topological polar surface area (TPSA) is 9.86 Å². The average molecular weight is 1340 g/mol. The molecule has 2 aromatic heterocycles. The van der Waals surface area contributed by atoms with Gasteiger partial charge >= 0.3 is 0 Å². The van der Waals surface area contributed by atoms with E-state index in [9.17, 15) is 0 Å². The number of para-hydroxylation sites is 1. The molecule has 17 aromatic rings. The molecule has 0 fully saturated rings. The van der Waals surface area contributed by atoms with Crippen molar-refractivity contribution in [3.05, 3.63) is 383 Å². The number of benzene rings is 15. The molecule has 0 amide bonds. The molecule has 4 heteroatoms. The van der Waals surface area contributed by atoms with E-state index >= 15 is 0 Å². The Labute approximate surface area is 569 Å². The summed E-state index contributed by atoms with van der Waals surface area (Å²) in [5.74, 6) is 0. The van der Waals surface area contributed by atoms with Gasteiger partial charge in [-0.05, 0) is 166 Å². The first-order valence-corrected chi connectivity index (χ1v) is 34.0. The molecule has 0 saturated carbocycles. The summed E-state index contributed by atoms with van der Waals surface area (Å²) in [7, 11) is 0. The number of rotatable bonds is 11. The zero-order chi connectivity index (χ0) is 63.1. The fraction of sp³-hybridized carbons (Fsp3) is 0.0110. The van der Waals surface area contributed by atoms with Gasteiger partial charge in [0.05, 0.1) is 33.2 Å². The Balaban J connectivity index is 0.720. The fourth-order valence-electron chi connectivity index (χ4n) is 15.4. The van der Waals surface area contributed by atoms with Gasteiger partial charge in [-0.2, -0.15) is 0 Å². The number of halogens is 2. The quantitative estimate of drug-likeness (QED) is 0.122. The monoisotopic (exact) mass is 1340 g/mol. The lowest BCUT2D eigenvalue weighted by molar-refractivity contribution is 0.768. The molecule has 0 radical (unpaired) electrons. The smallest absolute Gasteiger partial charge is 0.0714 e. The second-order valence-corrected chi connectivity index (χ2v) is 26.6. The van der Waals surface area contributed by atoms with Crippen molar-refractivity contribution in [3.8, 4) is 100 Å². The lowest BCUT2D eigenvalue weighted by Crippen LogP contribution is -2.28. The summed E-state index contributed by atoms with van der Waals surface area (Å²) >= 11 is 7.90. The van der Waals surface area contributed by atoms with Crippen LogP contribution in [0, 0.1) is 0 Å². The Hall–Kier alpha value is -11.1. The minimum Gasteiger partial charge on any atom is -0.309 e. The van der Waals surface area contributed by atoms with Crippen LogP contribution in [-0.2, 0) is 5.41 Å². The molecular weight excluding hydrogens is 1280 g/mol. The van der Waals surface area contributed by atoms with E-state index in [1.807, 2.05) is 0 Å². The van der Waals surface area contributed by atoms with Crippen LogP contribution in [-0.4, -0.2) is 9.13 Å². The van der Waals surface area contributed by atoms with E-state index in [1.54, 1.807) is 0 Å². The molecule has 0 N–H and O–H groups in total. The number of hydrogen-bond acceptors (Lipinski definition) is 0. The van der Waals surface area contributed by atoms with E-state index in [0.29, 0.717) is 0 Å². The Morgan fingerprint density at radius 2 is 0.621 bits per heavy atom. The van der Waals surface area contributed by atoms with Crippen molar-refractivity contribution >= 4 is 75.5 Å². The SMILES string of the molecule is Brc1ccccc1-c1ccc(-c2ccc3c4ccc(-c5ccc(-c6ccc(-c7ccc8c9ccccc9n(-c9cccc%10c9-c9ccccc9C%10(c9ccccc9)c9ccccc9)c8c7)cc6)c(Br)c5)cc4n(-c4cc(-c5ccccc5)cc(-c5ccccc5)c4)c3c2)cc1. The zero-order valence-electron chi connectivity index (χ0n) is 51.6. The Kier molecular flexibility index (Phi) is 13.8. The molecule has 2 heterocycles. The van der Waals surface area contributed by atoms with Gasteiger partial charge in [0.15, 0.2) is 0 Å². The lowest BCUT2D eigenvalue weighted by atomic mass is 9.68. The van der Waals surface area contributed by atoms with E-state index in [1.165, 1.54) is 93.9 Å². The first-order chi connectivity index (χ1) is 46.9. The lowest BCUT2D eigenvalue weighted by Gasteiger charge is -2.34. The van der Waals surface area contributed by atoms with Crippen molar-refractivity contribution in [2.24, 2.45) is 0 Å². The molecule has 0 unspecified atom stereocenters. The average Bonchev–Trinajstić information content (AvgIpc) is 1.54. The van der Waals surface area contributed by atoms with Crippen molar-refractivity contribution in [3.63, 3.8) is 0 Å². The van der Waals surface area contributed by atoms with Gasteiger partial charge in [-0.1, -0.05) is 323 Å². The van der Waals surface area contributed by atoms with Crippen molar-refractivity contribution < 1.29 is 0 Å². The van der Waals surface area contributed by atoms with E-state index in [-0.39, 0.29) is 0 Å². The highest BCUT2D eigenvalue weighted by Gasteiger charge is 2.47. The highest BCUT2D eigenvalue weighted by Crippen LogP contribution is 2.58. The first kappa shape index (κ1) is 56.6. The van der Waals surface area contributed by atoms with Gasteiger partial charge in [0.2, 0.25) is 0 Å². The van der Waals surface area contributed by atoms with Crippen molar-refractivity contribution in [1.82, 2.24) is 9.13 Å². The number of fused-ring (bicyclic) bond motifs is 9. The summed E-state index contributed by atoms with van der Waals surface area (Å²) in [4.78, 5) is 0. The van der Waals surface area contributed by atoms with Gasteiger partial charge in [0.1, 0.15) is 0 Å². The van der Waals surface area contributed by atoms with Crippen LogP contribution >= 0.6 is 31.9 Å². The normalized spacial score (nSPS) is 12.4. The number of aromatic nitrogens is 2. The van der Waals surface area contributed by atoms with Gasteiger partial charge in [0.25, 0.3) is 0 Å². The minimum absolute atomic E-state index is 0.504. The number of nitrogens with zero attached hydrogens (tertiary/aromatic N) is 2. The van der Waals surface area contributed by atoms with Gasteiger partial charge in [-0.15, -0.1) is 0 Å². The van der Waals surface area contributed by atoms with Gasteiger partial charge < -0.3 is 9.13 Å². The van der Waals surface area contributed by atoms with Crippen LogP contribution in [0.1, 0.15) is 22.3 Å². The highest BCUT2D eigenvalue weighted by atomic mass is 79.9. The van der Waals surface area contributed by atoms with Crippen molar-refractivity contribution in [2.45, 2.75) is 5.41 Å². The molecule has 0 saturated heterocycles. The van der Waals surface area contributed by atoms with Gasteiger partial charge in [0, 0.05) is 41.7 Å². The summed E-state index contributed by atoms with van der Waals surface area (Å²) in [6, 6.07) is 130. The van der Waals surface area contributed by atoms with Crippen LogP contribution in [0.25, 0.3) is 144 Å². The third-order valence-electron chi connectivity index (χ3n) is 19.8. The number of hydrogen-bond donors (Lipinski definition) is 0. The molecule has 1 aliphatic carbocycles. The van der Waals surface area contributed by atoms with E-state index in [4.69, 9.17) is 0 Å². The summed E-state index contributed by atoms with van der Waals surface area (Å²) in [6.45, 7) is 0. The predicted molar refractivity (Wildman–Crippen MR) is 406 cm³/mol. The predicted octanol–water partition coefficient (Wildman–Crippen LogP) is 25.4. The largest absolute Gasteiger partial charge is 0.309 e. The van der Waals surface area contributed by atoms with E-state index < -0.39 is 5.41 Å². The highest BCUT2D eigenvalue weighted by molar-refractivity contribution is 9.11. The molecule has 446 valence electrons. The minimum atomic E-state index is -0.504. The summed E-state index contributed by atoms with van der Waals surface area (Å²) in [5, 5.41) is 4.86. The summed E-state index contributed by atoms with van der Waals surface area (Å²) < 4.78 is 7.13. The third kappa shape index (κ3) is 9.42. The van der Waals surface area contributed by atoms with E-state index in [0.717, 1.165) is 81.3 Å². The van der Waals surface area contributed by atoms with Crippen molar-refractivity contribution in [2.75, 3.05) is 0 Å². The zero-order valence-corrected chi connectivity index (χ0v) is 54.8. The molecule has 15 aromatic carbocycles. The van der Waals surface area contributed by atoms with E-state index in [2.05, 4.69) is 393 Å². The second kappa shape index (κ2) is 23.2. The molecule has 18 rings (SSSR count). The maximum absolute atomic E-state index is 4.11.